The maximum absolute atomic E-state index is 5.50. The van der Waals surface area contributed by atoms with Crippen LogP contribution in [-0.4, -0.2) is 7.05 Å². The maximum atomic E-state index is 5.50. The number of furan rings is 1. The van der Waals surface area contributed by atoms with E-state index >= 15 is 0 Å². The van der Waals surface area contributed by atoms with Gasteiger partial charge in [-0.15, -0.1) is 0 Å². The third kappa shape index (κ3) is 1.89. The van der Waals surface area contributed by atoms with Crippen LogP contribution in [0.1, 0.15) is 34.9 Å². The molecule has 3 rings (SSSR count). The molecule has 88 valence electrons. The Hall–Kier alpha value is -1.54. The second-order valence-corrected chi connectivity index (χ2v) is 4.62. The molecule has 17 heavy (non-hydrogen) atoms. The molecule has 0 saturated heterocycles. The van der Waals surface area contributed by atoms with E-state index < -0.39 is 0 Å². The minimum Gasteiger partial charge on any atom is -0.467 e. The molecule has 0 radical (unpaired) electrons. The van der Waals surface area contributed by atoms with Gasteiger partial charge in [-0.25, -0.2) is 0 Å². The SMILES string of the molecule is CNC(c1ccc2c(c1)CCC2)c1ccco1. The van der Waals surface area contributed by atoms with E-state index in [1.54, 1.807) is 6.26 Å². The minimum absolute atomic E-state index is 0.163. The molecule has 1 heterocycles. The quantitative estimate of drug-likeness (QED) is 0.871. The summed E-state index contributed by atoms with van der Waals surface area (Å²) in [6, 6.07) is 10.9. The van der Waals surface area contributed by atoms with Gasteiger partial charge in [0, 0.05) is 0 Å². The van der Waals surface area contributed by atoms with Crippen LogP contribution >= 0.6 is 0 Å². The van der Waals surface area contributed by atoms with Crippen LogP contribution in [0.5, 0.6) is 0 Å². The van der Waals surface area contributed by atoms with Gasteiger partial charge in [-0.3, -0.25) is 0 Å². The zero-order valence-corrected chi connectivity index (χ0v) is 10.1. The first-order chi connectivity index (χ1) is 8.38. The molecule has 1 N–H and O–H groups in total. The molecule has 1 aliphatic carbocycles. The summed E-state index contributed by atoms with van der Waals surface area (Å²) in [5, 5.41) is 3.32. The summed E-state index contributed by atoms with van der Waals surface area (Å²) < 4.78 is 5.50. The summed E-state index contributed by atoms with van der Waals surface area (Å²) >= 11 is 0. The Labute approximate surface area is 102 Å². The van der Waals surface area contributed by atoms with Crippen molar-refractivity contribution in [3.63, 3.8) is 0 Å². The van der Waals surface area contributed by atoms with Gasteiger partial charge in [0.2, 0.25) is 0 Å². The molecule has 2 nitrogen and oxygen atoms in total. The zero-order valence-electron chi connectivity index (χ0n) is 10.1. The van der Waals surface area contributed by atoms with Crippen LogP contribution < -0.4 is 5.32 Å². The first-order valence-corrected chi connectivity index (χ1v) is 6.21. The van der Waals surface area contributed by atoms with E-state index in [0.717, 1.165) is 5.76 Å². The van der Waals surface area contributed by atoms with Gasteiger partial charge < -0.3 is 9.73 Å². The fourth-order valence-electron chi connectivity index (χ4n) is 2.70. The number of aryl methyl sites for hydroxylation is 2. The predicted octanol–water partition coefficient (Wildman–Crippen LogP) is 3.08. The molecule has 1 atom stereocenters. The number of nitrogens with one attached hydrogen (secondary N) is 1. The number of benzene rings is 1. The van der Waals surface area contributed by atoms with Gasteiger partial charge in [0.1, 0.15) is 5.76 Å². The van der Waals surface area contributed by atoms with E-state index in [1.807, 2.05) is 19.2 Å². The smallest absolute Gasteiger partial charge is 0.125 e. The monoisotopic (exact) mass is 227 g/mol. The Morgan fingerprint density at radius 3 is 2.82 bits per heavy atom. The van der Waals surface area contributed by atoms with Gasteiger partial charge in [-0.05, 0) is 55.1 Å². The molecule has 2 aromatic rings. The maximum Gasteiger partial charge on any atom is 0.125 e. The standard InChI is InChI=1S/C15H17NO/c1-16-15(14-6-3-9-17-14)13-8-7-11-4-2-5-12(11)10-13/h3,6-10,15-16H,2,4-5H2,1H3. The summed E-state index contributed by atoms with van der Waals surface area (Å²) in [6.45, 7) is 0. The largest absolute Gasteiger partial charge is 0.467 e. The van der Waals surface area contributed by atoms with Gasteiger partial charge in [0.15, 0.2) is 0 Å². The highest BCUT2D eigenvalue weighted by molar-refractivity contribution is 5.38. The summed E-state index contributed by atoms with van der Waals surface area (Å²) in [4.78, 5) is 0. The van der Waals surface area contributed by atoms with Gasteiger partial charge in [0.25, 0.3) is 0 Å². The van der Waals surface area contributed by atoms with E-state index in [4.69, 9.17) is 4.42 Å². The van der Waals surface area contributed by atoms with Crippen LogP contribution in [0.25, 0.3) is 0 Å². The number of fused-ring (bicyclic) bond motifs is 1. The molecule has 1 aromatic carbocycles. The van der Waals surface area contributed by atoms with Gasteiger partial charge in [-0.1, -0.05) is 18.2 Å². The average Bonchev–Trinajstić information content (AvgIpc) is 2.99. The highest BCUT2D eigenvalue weighted by Crippen LogP contribution is 2.28. The topological polar surface area (TPSA) is 25.2 Å². The first-order valence-electron chi connectivity index (χ1n) is 6.21. The van der Waals surface area contributed by atoms with Crippen LogP contribution in [0.15, 0.2) is 41.0 Å². The highest BCUT2D eigenvalue weighted by atomic mass is 16.3. The Morgan fingerprint density at radius 1 is 1.18 bits per heavy atom. The van der Waals surface area contributed by atoms with Crippen LogP contribution in [0.2, 0.25) is 0 Å². The lowest BCUT2D eigenvalue weighted by atomic mass is 10.00. The number of hydrogen-bond donors (Lipinski definition) is 1. The molecule has 0 bridgehead atoms. The molecule has 1 unspecified atom stereocenters. The molecular weight excluding hydrogens is 210 g/mol. The fourth-order valence-corrected chi connectivity index (χ4v) is 2.70. The Balaban J connectivity index is 1.97. The van der Waals surface area contributed by atoms with E-state index in [2.05, 4.69) is 23.5 Å². The van der Waals surface area contributed by atoms with Crippen LogP contribution in [-0.2, 0) is 12.8 Å². The third-order valence-electron chi connectivity index (χ3n) is 3.57. The third-order valence-corrected chi connectivity index (χ3v) is 3.57. The van der Waals surface area contributed by atoms with Crippen LogP contribution in [0.3, 0.4) is 0 Å². The van der Waals surface area contributed by atoms with Crippen molar-refractivity contribution in [2.75, 3.05) is 7.05 Å². The van der Waals surface area contributed by atoms with Gasteiger partial charge >= 0.3 is 0 Å². The van der Waals surface area contributed by atoms with Crippen LogP contribution in [0.4, 0.5) is 0 Å². The minimum atomic E-state index is 0.163. The second kappa shape index (κ2) is 4.38. The molecule has 0 saturated carbocycles. The van der Waals surface area contributed by atoms with E-state index in [-0.39, 0.29) is 6.04 Å². The lowest BCUT2D eigenvalue weighted by Gasteiger charge is -2.15. The molecule has 0 aliphatic heterocycles. The molecule has 1 aliphatic rings. The van der Waals surface area contributed by atoms with Crippen molar-refractivity contribution in [1.82, 2.24) is 5.32 Å². The second-order valence-electron chi connectivity index (χ2n) is 4.62. The molecule has 2 heteroatoms. The molecule has 0 fully saturated rings. The summed E-state index contributed by atoms with van der Waals surface area (Å²) in [5.41, 5.74) is 4.32. The normalized spacial score (nSPS) is 15.8. The van der Waals surface area contributed by atoms with Crippen molar-refractivity contribution in [1.29, 1.82) is 0 Å². The van der Waals surface area contributed by atoms with Crippen molar-refractivity contribution in [2.24, 2.45) is 0 Å². The van der Waals surface area contributed by atoms with Crippen molar-refractivity contribution in [3.8, 4) is 0 Å². The Kier molecular flexibility index (Phi) is 2.73. The van der Waals surface area contributed by atoms with E-state index in [1.165, 1.54) is 36.0 Å². The molecule has 0 spiro atoms. The number of rotatable bonds is 3. The van der Waals surface area contributed by atoms with Crippen molar-refractivity contribution in [3.05, 3.63) is 59.0 Å². The average molecular weight is 227 g/mol. The Morgan fingerprint density at radius 2 is 2.06 bits per heavy atom. The Bertz CT molecular complexity index is 502. The summed E-state index contributed by atoms with van der Waals surface area (Å²) in [7, 11) is 1.97. The lowest BCUT2D eigenvalue weighted by molar-refractivity contribution is 0.463. The van der Waals surface area contributed by atoms with E-state index in [0.29, 0.717) is 0 Å². The zero-order chi connectivity index (χ0) is 11.7. The predicted molar refractivity (Wildman–Crippen MR) is 68.1 cm³/mol. The highest BCUT2D eigenvalue weighted by Gasteiger charge is 2.17. The van der Waals surface area contributed by atoms with Crippen LogP contribution in [0, 0.1) is 0 Å². The summed E-state index contributed by atoms with van der Waals surface area (Å²) in [5.74, 6) is 0.977. The molecule has 1 aromatic heterocycles. The molecular formula is C15H17NO. The van der Waals surface area contributed by atoms with E-state index in [9.17, 15) is 0 Å². The van der Waals surface area contributed by atoms with Crippen molar-refractivity contribution in [2.45, 2.75) is 25.3 Å². The van der Waals surface area contributed by atoms with Crippen molar-refractivity contribution >= 4 is 0 Å². The van der Waals surface area contributed by atoms with Crippen molar-refractivity contribution < 1.29 is 4.42 Å². The fraction of sp³-hybridized carbons (Fsp3) is 0.333. The lowest BCUT2D eigenvalue weighted by Crippen LogP contribution is -2.17. The number of hydrogen-bond acceptors (Lipinski definition) is 2. The first kappa shape index (κ1) is 10.6. The van der Waals surface area contributed by atoms with Gasteiger partial charge in [0.05, 0.1) is 12.3 Å². The van der Waals surface area contributed by atoms with Gasteiger partial charge in [-0.2, -0.15) is 0 Å². The molecule has 0 amide bonds. The summed E-state index contributed by atoms with van der Waals surface area (Å²) in [6.07, 6.45) is 5.48.